The summed E-state index contributed by atoms with van der Waals surface area (Å²) in [5.74, 6) is 0.451. The Bertz CT molecular complexity index is 925. The van der Waals surface area contributed by atoms with Gasteiger partial charge in [-0.15, -0.1) is 11.8 Å². The van der Waals surface area contributed by atoms with E-state index in [0.29, 0.717) is 22.5 Å². The molecule has 1 amide bonds. The maximum absolute atomic E-state index is 13.0. The van der Waals surface area contributed by atoms with Crippen LogP contribution in [0.3, 0.4) is 0 Å². The monoisotopic (exact) mass is 420 g/mol. The highest BCUT2D eigenvalue weighted by molar-refractivity contribution is 8.00. The van der Waals surface area contributed by atoms with Crippen molar-refractivity contribution in [1.29, 1.82) is 0 Å². The van der Waals surface area contributed by atoms with Gasteiger partial charge in [-0.1, -0.05) is 46.7 Å². The van der Waals surface area contributed by atoms with E-state index in [1.165, 1.54) is 21.8 Å². The fraction of sp³-hybridized carbons (Fsp3) is 0.300. The van der Waals surface area contributed by atoms with Gasteiger partial charge < -0.3 is 4.90 Å². The summed E-state index contributed by atoms with van der Waals surface area (Å²) in [6.07, 6.45) is 0. The number of benzene rings is 2. The largest absolute Gasteiger partial charge is 0.338 e. The van der Waals surface area contributed by atoms with Gasteiger partial charge >= 0.3 is 0 Å². The van der Waals surface area contributed by atoms with Crippen molar-refractivity contribution in [2.45, 2.75) is 11.8 Å². The van der Waals surface area contributed by atoms with E-state index in [0.717, 1.165) is 21.7 Å². The first-order chi connectivity index (χ1) is 12.9. The third-order valence-electron chi connectivity index (χ3n) is 4.11. The van der Waals surface area contributed by atoms with Crippen LogP contribution in [-0.4, -0.2) is 43.8 Å². The second-order valence-corrected chi connectivity index (χ2v) is 9.15. The van der Waals surface area contributed by atoms with Gasteiger partial charge in [0.15, 0.2) is 5.13 Å². The summed E-state index contributed by atoms with van der Waals surface area (Å²) in [5, 5.41) is 1.34. The molecule has 3 aromatic rings. The lowest BCUT2D eigenvalue weighted by molar-refractivity contribution is -0.856. The maximum Gasteiger partial charge on any atom is 0.239 e. The average Bonchev–Trinajstić information content (AvgIpc) is 3.06. The number of amides is 1. The highest BCUT2D eigenvalue weighted by Gasteiger charge is 2.21. The van der Waals surface area contributed by atoms with Crippen molar-refractivity contribution < 1.29 is 9.69 Å². The first-order valence-corrected chi connectivity index (χ1v) is 11.0. The maximum atomic E-state index is 13.0. The number of anilines is 1. The average molecular weight is 421 g/mol. The van der Waals surface area contributed by atoms with E-state index in [1.807, 2.05) is 18.2 Å². The number of halogens is 1. The van der Waals surface area contributed by atoms with Crippen LogP contribution in [0.25, 0.3) is 10.2 Å². The number of nitrogens with zero attached hydrogens (tertiary/aromatic N) is 2. The molecular weight excluding hydrogens is 398 g/mol. The zero-order valence-electron chi connectivity index (χ0n) is 15.7. The van der Waals surface area contributed by atoms with Crippen LogP contribution in [0.15, 0.2) is 47.4 Å². The number of aromatic nitrogens is 1. The molecule has 4 nitrogen and oxygen atoms in total. The van der Waals surface area contributed by atoms with Crippen molar-refractivity contribution in [2.24, 2.45) is 0 Å². The Balaban J connectivity index is 1.79. The van der Waals surface area contributed by atoms with Crippen LogP contribution in [-0.2, 0) is 4.79 Å². The predicted molar refractivity (Wildman–Crippen MR) is 117 cm³/mol. The Kier molecular flexibility index (Phi) is 6.76. The summed E-state index contributed by atoms with van der Waals surface area (Å²) in [6, 6.07) is 14.0. The number of aryl methyl sites for hydroxylation is 1. The minimum absolute atomic E-state index is 0.0667. The van der Waals surface area contributed by atoms with Crippen molar-refractivity contribution in [2.75, 3.05) is 37.8 Å². The lowest BCUT2D eigenvalue weighted by Crippen LogP contribution is -3.06. The third-order valence-corrected chi connectivity index (χ3v) is 6.45. The number of fused-ring (bicyclic) bond motifs is 1. The van der Waals surface area contributed by atoms with Gasteiger partial charge in [-0.25, -0.2) is 4.98 Å². The molecule has 0 bridgehead atoms. The Morgan fingerprint density at radius 3 is 2.63 bits per heavy atom. The number of hydrogen-bond acceptors (Lipinski definition) is 4. The zero-order chi connectivity index (χ0) is 19.4. The van der Waals surface area contributed by atoms with Gasteiger partial charge in [0.05, 0.1) is 42.7 Å². The lowest BCUT2D eigenvalue weighted by Gasteiger charge is -2.20. The molecule has 3 rings (SSSR count). The number of thiazole rings is 1. The van der Waals surface area contributed by atoms with Crippen LogP contribution in [0, 0.1) is 6.92 Å². The third kappa shape index (κ3) is 5.23. The van der Waals surface area contributed by atoms with Gasteiger partial charge in [0.25, 0.3) is 0 Å². The number of carbonyl (C=O) groups is 1. The second kappa shape index (κ2) is 9.06. The Hall–Kier alpha value is -1.60. The molecular formula is C20H23ClN3OS2+. The summed E-state index contributed by atoms with van der Waals surface area (Å²) in [7, 11) is 4.16. The molecule has 0 aliphatic heterocycles. The van der Waals surface area contributed by atoms with Crippen molar-refractivity contribution in [3.8, 4) is 0 Å². The van der Waals surface area contributed by atoms with E-state index in [4.69, 9.17) is 11.6 Å². The second-order valence-electron chi connectivity index (χ2n) is 6.69. The van der Waals surface area contributed by atoms with Crippen LogP contribution < -0.4 is 9.80 Å². The zero-order valence-corrected chi connectivity index (χ0v) is 18.0. The highest BCUT2D eigenvalue weighted by atomic mass is 35.5. The smallest absolute Gasteiger partial charge is 0.239 e. The molecule has 142 valence electrons. The minimum atomic E-state index is 0.0667. The summed E-state index contributed by atoms with van der Waals surface area (Å²) < 4.78 is 0.999. The summed E-state index contributed by atoms with van der Waals surface area (Å²) in [5.41, 5.74) is 1.98. The van der Waals surface area contributed by atoms with Crippen molar-refractivity contribution in [1.82, 2.24) is 4.98 Å². The van der Waals surface area contributed by atoms with Crippen LogP contribution in [0.1, 0.15) is 5.56 Å². The van der Waals surface area contributed by atoms with Crippen LogP contribution in [0.5, 0.6) is 0 Å². The van der Waals surface area contributed by atoms with Gasteiger partial charge in [0.1, 0.15) is 5.52 Å². The molecule has 0 aliphatic carbocycles. The van der Waals surface area contributed by atoms with Gasteiger partial charge in [0.2, 0.25) is 5.91 Å². The number of para-hydroxylation sites is 1. The standard InChI is InChI=1S/C20H22ClN3OS2/c1-14-7-9-15(10-8-14)26-13-18(25)24(12-11-23(2)3)20-22-19-16(21)5-4-6-17(19)27-20/h4-10H,11-13H2,1-3H3/p+1. The van der Waals surface area contributed by atoms with Crippen molar-refractivity contribution in [3.63, 3.8) is 0 Å². The Morgan fingerprint density at radius 1 is 1.22 bits per heavy atom. The van der Waals surface area contributed by atoms with E-state index < -0.39 is 0 Å². The van der Waals surface area contributed by atoms with E-state index in [9.17, 15) is 4.79 Å². The summed E-state index contributed by atoms with van der Waals surface area (Å²) in [6.45, 7) is 3.54. The molecule has 1 aromatic heterocycles. The molecule has 2 aromatic carbocycles. The van der Waals surface area contributed by atoms with Crippen LogP contribution in [0.2, 0.25) is 5.02 Å². The summed E-state index contributed by atoms with van der Waals surface area (Å²) in [4.78, 5) is 21.8. The molecule has 1 N–H and O–H groups in total. The van der Waals surface area contributed by atoms with Crippen LogP contribution in [0.4, 0.5) is 5.13 Å². The molecule has 0 saturated heterocycles. The van der Waals surface area contributed by atoms with E-state index in [2.05, 4.69) is 50.3 Å². The molecule has 0 saturated carbocycles. The highest BCUT2D eigenvalue weighted by Crippen LogP contribution is 2.33. The molecule has 0 aliphatic rings. The summed E-state index contributed by atoms with van der Waals surface area (Å²) >= 11 is 9.34. The number of thioether (sulfide) groups is 1. The SMILES string of the molecule is Cc1ccc(SCC(=O)N(CC[NH+](C)C)c2nc3c(Cl)cccc3s2)cc1. The molecule has 0 spiro atoms. The van der Waals surface area contributed by atoms with Gasteiger partial charge in [-0.05, 0) is 31.2 Å². The fourth-order valence-electron chi connectivity index (χ4n) is 2.54. The fourth-order valence-corrected chi connectivity index (χ4v) is 4.62. The molecule has 0 radical (unpaired) electrons. The molecule has 0 fully saturated rings. The normalized spacial score (nSPS) is 11.3. The number of hydrogen-bond donors (Lipinski definition) is 1. The molecule has 27 heavy (non-hydrogen) atoms. The number of carbonyl (C=O) groups excluding carboxylic acids is 1. The lowest BCUT2D eigenvalue weighted by atomic mass is 10.2. The number of likely N-dealkylation sites (N-methyl/N-ethyl adjacent to an activating group) is 1. The van der Waals surface area contributed by atoms with Gasteiger partial charge in [-0.2, -0.15) is 0 Å². The van der Waals surface area contributed by atoms with E-state index in [1.54, 1.807) is 16.7 Å². The Labute approximate surface area is 173 Å². The van der Waals surface area contributed by atoms with Crippen molar-refractivity contribution >= 4 is 56.0 Å². The molecule has 7 heteroatoms. The van der Waals surface area contributed by atoms with Gasteiger partial charge in [-0.3, -0.25) is 9.69 Å². The first kappa shape index (κ1) is 20.1. The Morgan fingerprint density at radius 2 is 1.96 bits per heavy atom. The number of rotatable bonds is 7. The van der Waals surface area contributed by atoms with Gasteiger partial charge in [0, 0.05) is 4.90 Å². The van der Waals surface area contributed by atoms with Crippen molar-refractivity contribution in [3.05, 3.63) is 53.1 Å². The number of quaternary nitrogens is 1. The van der Waals surface area contributed by atoms with E-state index >= 15 is 0 Å². The molecule has 0 unspecified atom stereocenters. The molecule has 0 atom stereocenters. The first-order valence-electron chi connectivity index (χ1n) is 8.78. The van der Waals surface area contributed by atoms with Crippen LogP contribution >= 0.6 is 34.7 Å². The minimum Gasteiger partial charge on any atom is -0.338 e. The predicted octanol–water partition coefficient (Wildman–Crippen LogP) is 3.53. The van der Waals surface area contributed by atoms with E-state index in [-0.39, 0.29) is 5.91 Å². The number of nitrogens with one attached hydrogen (secondary N) is 1. The topological polar surface area (TPSA) is 37.6 Å². The molecule has 1 heterocycles. The quantitative estimate of drug-likeness (QED) is 0.594.